The number of benzene rings is 13. The first-order valence-corrected chi connectivity index (χ1v) is 27.6. The van der Waals surface area contributed by atoms with E-state index in [0.29, 0.717) is 32.3 Å². The number of phenols is 15. The molecule has 3 aromatic heterocycles. The number of hydrogen-bond acceptors (Lipinski definition) is 18. The predicted molar refractivity (Wildman–Crippen MR) is 337 cm³/mol. The van der Waals surface area contributed by atoms with Crippen LogP contribution in [-0.4, -0.2) is 105 Å². The second-order valence-corrected chi connectivity index (χ2v) is 21.8. The molecule has 21 heteroatoms. The minimum atomic E-state index is -1.26. The molecule has 0 fully saturated rings. The molecule has 0 atom stereocenters. The van der Waals surface area contributed by atoms with Crippen molar-refractivity contribution in [3.8, 4) is 137 Å². The number of hydrogen-bond donors (Lipinski definition) is 15. The lowest BCUT2D eigenvalue weighted by Gasteiger charge is -2.19. The van der Waals surface area contributed by atoms with E-state index in [0.717, 1.165) is 32.3 Å². The molecular weight excluding hydrogens is 1150 g/mol. The maximum atomic E-state index is 12.1. The van der Waals surface area contributed by atoms with Crippen LogP contribution in [0.2, 0.25) is 0 Å². The lowest BCUT2D eigenvalue weighted by molar-refractivity contribution is 0.327. The van der Waals surface area contributed by atoms with Gasteiger partial charge in [-0.05, 0) is 84.9 Å². The van der Waals surface area contributed by atoms with Gasteiger partial charge in [0.2, 0.25) is 51.7 Å². The summed E-state index contributed by atoms with van der Waals surface area (Å²) in [4.78, 5) is 15.6. The fraction of sp³-hybridized carbons (Fsp3) is 0. The molecule has 16 rings (SSSR count). The molecular formula is C69H42N6O15. The van der Waals surface area contributed by atoms with Crippen LogP contribution in [0.4, 0.5) is 0 Å². The van der Waals surface area contributed by atoms with E-state index in [1.54, 1.807) is 36.4 Å². The average Bonchev–Trinajstić information content (AvgIpc) is 1.58. The van der Waals surface area contributed by atoms with Crippen molar-refractivity contribution >= 4 is 97.7 Å². The molecule has 0 bridgehead atoms. The quantitative estimate of drug-likeness (QED) is 0.0418. The van der Waals surface area contributed by atoms with E-state index in [1.165, 1.54) is 31.9 Å². The smallest absolute Gasteiger partial charge is 0.208 e. The van der Waals surface area contributed by atoms with Gasteiger partial charge in [0, 0.05) is 32.8 Å². The Balaban J connectivity index is 1.11. The van der Waals surface area contributed by atoms with Crippen molar-refractivity contribution in [1.82, 2.24) is 28.7 Å². The lowest BCUT2D eigenvalue weighted by Crippen LogP contribution is -2.03. The number of rotatable bonds is 6. The maximum absolute atomic E-state index is 12.1. The Labute approximate surface area is 502 Å². The van der Waals surface area contributed by atoms with Crippen molar-refractivity contribution in [2.75, 3.05) is 0 Å². The van der Waals surface area contributed by atoms with Gasteiger partial charge in [0.25, 0.3) is 0 Å². The van der Waals surface area contributed by atoms with Gasteiger partial charge in [0.15, 0.2) is 34.5 Å². The summed E-state index contributed by atoms with van der Waals surface area (Å²) in [6, 6.07) is 48.3. The van der Waals surface area contributed by atoms with E-state index in [9.17, 15) is 76.6 Å². The first-order chi connectivity index (χ1) is 43.4. The molecule has 0 unspecified atom stereocenters. The predicted octanol–water partition coefficient (Wildman–Crippen LogP) is 13.2. The number of aromatic hydroxyl groups is 15. The van der Waals surface area contributed by atoms with Gasteiger partial charge in [0.1, 0.15) is 34.5 Å². The molecule has 0 aliphatic rings. The van der Waals surface area contributed by atoms with Crippen LogP contribution < -0.4 is 0 Å². The van der Waals surface area contributed by atoms with Crippen molar-refractivity contribution in [3.63, 3.8) is 0 Å². The summed E-state index contributed by atoms with van der Waals surface area (Å²) in [5.41, 5.74) is -1.01. The summed E-state index contributed by atoms with van der Waals surface area (Å²) in [6.45, 7) is 0. The van der Waals surface area contributed by atoms with E-state index in [2.05, 4.69) is 0 Å². The number of aromatic nitrogens is 6. The minimum absolute atomic E-state index is 0.0166. The average molecular weight is 1200 g/mol. The Kier molecular flexibility index (Phi) is 10.7. The Bertz CT molecular complexity index is 5590. The molecule has 0 amide bonds. The fourth-order valence-electron chi connectivity index (χ4n) is 12.8. The van der Waals surface area contributed by atoms with Gasteiger partial charge in [-0.1, -0.05) is 127 Å². The van der Waals surface area contributed by atoms with Crippen molar-refractivity contribution in [2.24, 2.45) is 0 Å². The molecule has 3 heterocycles. The number of imidazole rings is 3. The van der Waals surface area contributed by atoms with Crippen LogP contribution in [0.25, 0.3) is 149 Å². The highest BCUT2D eigenvalue weighted by atomic mass is 16.4. The van der Waals surface area contributed by atoms with Gasteiger partial charge in [-0.2, -0.15) is 0 Å². The zero-order chi connectivity index (χ0) is 62.2. The van der Waals surface area contributed by atoms with E-state index < -0.39 is 103 Å². The highest BCUT2D eigenvalue weighted by Crippen LogP contribution is 2.58. The standard InChI is InChI=1S/C69H42N6O15/c76-52-49(53(77)59(83)64(88)58(52)82)73-44-23-20-37-34-10-4-1-7-28(34)13-16-40(37)46(44)71-68(73)32-25-31(67-70-43-22-19-39-36-12-6-3-9-30(36)15-18-42(39)48(43)75(67)51-56(80)62(86)66(90)63(87)57(51)81)26-33(27-32)69-72-47-41-17-14-29-8-2-5-11-35(29)38(41)21-24-45(47)74(69)50-54(78)60(84)65(89)61(85)55(50)79/h1-27,76-90H. The maximum Gasteiger partial charge on any atom is 0.208 e. The van der Waals surface area contributed by atoms with E-state index in [-0.39, 0.29) is 67.3 Å². The lowest BCUT2D eigenvalue weighted by atomic mass is 10.0. The van der Waals surface area contributed by atoms with Crippen molar-refractivity contribution in [2.45, 2.75) is 0 Å². The van der Waals surface area contributed by atoms with Gasteiger partial charge in [-0.15, -0.1) is 0 Å². The summed E-state index contributed by atoms with van der Waals surface area (Å²) in [7, 11) is 0. The molecule has 90 heavy (non-hydrogen) atoms. The molecule has 16 aromatic rings. The van der Waals surface area contributed by atoms with Crippen molar-refractivity contribution in [3.05, 3.63) is 164 Å². The van der Waals surface area contributed by atoms with Gasteiger partial charge in [-0.25, -0.2) is 15.0 Å². The van der Waals surface area contributed by atoms with Crippen LogP contribution in [0.3, 0.4) is 0 Å². The second-order valence-electron chi connectivity index (χ2n) is 21.8. The van der Waals surface area contributed by atoms with Crippen LogP contribution in [0, 0.1) is 0 Å². The summed E-state index contributed by atoms with van der Waals surface area (Å²) >= 11 is 0. The molecule has 21 nitrogen and oxygen atoms in total. The fourth-order valence-corrected chi connectivity index (χ4v) is 12.8. The number of nitrogens with zero attached hydrogens (tertiary/aromatic N) is 6. The molecule has 0 spiro atoms. The summed E-state index contributed by atoms with van der Waals surface area (Å²) in [5.74, 6) is -18.4. The van der Waals surface area contributed by atoms with Crippen LogP contribution >= 0.6 is 0 Å². The SMILES string of the molecule is Oc1c(O)c(O)c(-n2c(-c3cc(-c4nc5c6ccc7ccccc7c6ccc5n4-c4c(O)c(O)c(O)c(O)c4O)cc(-c4nc5ccc6c7ccccc7ccc6c5n4-c4c(O)c(O)c(O)c(O)c4O)c3)nc3c4ccc5ccccc5c4ccc32)c(O)c1O. The Morgan fingerprint density at radius 2 is 0.522 bits per heavy atom. The zero-order valence-corrected chi connectivity index (χ0v) is 46.0. The van der Waals surface area contributed by atoms with E-state index >= 15 is 0 Å². The molecule has 438 valence electrons. The van der Waals surface area contributed by atoms with E-state index in [1.807, 2.05) is 109 Å². The molecule has 0 saturated heterocycles. The zero-order valence-electron chi connectivity index (χ0n) is 46.0. The largest absolute Gasteiger partial charge is 0.503 e. The molecule has 0 aliphatic carbocycles. The molecule has 13 aromatic carbocycles. The molecule has 0 radical (unpaired) electrons. The summed E-state index contributed by atoms with van der Waals surface area (Å²) in [6.07, 6.45) is 0. The molecule has 0 saturated carbocycles. The summed E-state index contributed by atoms with van der Waals surface area (Å²) < 4.78 is 3.66. The normalized spacial score (nSPS) is 12.0. The first-order valence-electron chi connectivity index (χ1n) is 27.6. The number of fused-ring (bicyclic) bond motifs is 15. The Morgan fingerprint density at radius 3 is 0.900 bits per heavy atom. The van der Waals surface area contributed by atoms with Gasteiger partial charge < -0.3 is 76.6 Å². The monoisotopic (exact) mass is 1190 g/mol. The minimum Gasteiger partial charge on any atom is -0.503 e. The highest BCUT2D eigenvalue weighted by molar-refractivity contribution is 6.19. The third-order valence-electron chi connectivity index (χ3n) is 17.0. The van der Waals surface area contributed by atoms with Crippen LogP contribution in [0.5, 0.6) is 86.2 Å². The third kappa shape index (κ3) is 6.97. The Hall–Kier alpha value is -13.2. The third-order valence-corrected chi connectivity index (χ3v) is 17.0. The van der Waals surface area contributed by atoms with Crippen molar-refractivity contribution in [1.29, 1.82) is 0 Å². The van der Waals surface area contributed by atoms with Gasteiger partial charge in [0.05, 0.1) is 33.1 Å². The van der Waals surface area contributed by atoms with Crippen LogP contribution in [0.15, 0.2) is 164 Å². The summed E-state index contributed by atoms with van der Waals surface area (Å²) in [5, 5.41) is 181. The first kappa shape index (κ1) is 52.4. The second kappa shape index (κ2) is 18.4. The topological polar surface area (TPSA) is 357 Å². The Morgan fingerprint density at radius 1 is 0.233 bits per heavy atom. The molecule has 15 N–H and O–H groups in total. The van der Waals surface area contributed by atoms with Gasteiger partial charge >= 0.3 is 0 Å². The van der Waals surface area contributed by atoms with E-state index in [4.69, 9.17) is 15.0 Å². The van der Waals surface area contributed by atoms with Crippen LogP contribution in [0.1, 0.15) is 0 Å². The molecule has 0 aliphatic heterocycles. The van der Waals surface area contributed by atoms with Gasteiger partial charge in [-0.3, -0.25) is 13.7 Å². The van der Waals surface area contributed by atoms with Crippen LogP contribution in [-0.2, 0) is 0 Å². The number of phenolic OH excluding ortho intramolecular Hbond substituents is 15. The highest BCUT2D eigenvalue weighted by Gasteiger charge is 2.34. The van der Waals surface area contributed by atoms with Crippen molar-refractivity contribution < 1.29 is 76.6 Å².